The zero-order chi connectivity index (χ0) is 19.1. The summed E-state index contributed by atoms with van der Waals surface area (Å²) in [5, 5.41) is 13.6. The molecule has 1 amide bonds. The first-order valence-electron chi connectivity index (χ1n) is 8.45. The van der Waals surface area contributed by atoms with E-state index in [0.717, 1.165) is 12.0 Å². The summed E-state index contributed by atoms with van der Waals surface area (Å²) < 4.78 is 5.82. The number of amides is 1. The van der Waals surface area contributed by atoms with Gasteiger partial charge in [0.25, 0.3) is 11.6 Å². The summed E-state index contributed by atoms with van der Waals surface area (Å²) in [6.45, 7) is 0.466. The molecule has 0 saturated carbocycles. The highest BCUT2D eigenvalue weighted by Gasteiger charge is 2.13. The maximum absolute atomic E-state index is 12.4. The summed E-state index contributed by atoms with van der Waals surface area (Å²) in [5.41, 5.74) is 1.76. The molecule has 0 aliphatic carbocycles. The average molecular weight is 362 g/mol. The third-order valence-corrected chi connectivity index (χ3v) is 3.95. The Kier molecular flexibility index (Phi) is 5.79. The van der Waals surface area contributed by atoms with Crippen LogP contribution in [0, 0.1) is 10.1 Å². The molecule has 0 atom stereocenters. The number of carbonyl (C=O) groups excluding carboxylic acids is 1. The number of non-ortho nitro benzene ring substituents is 1. The molecule has 0 unspecified atom stereocenters. The van der Waals surface area contributed by atoms with E-state index in [1.807, 2.05) is 36.4 Å². The third kappa shape index (κ3) is 4.92. The molecule has 6 nitrogen and oxygen atoms in total. The summed E-state index contributed by atoms with van der Waals surface area (Å²) in [7, 11) is 0. The van der Waals surface area contributed by atoms with Crippen LogP contribution in [0.4, 0.5) is 11.4 Å². The Balaban J connectivity index is 1.67. The Morgan fingerprint density at radius 1 is 0.963 bits per heavy atom. The average Bonchev–Trinajstić information content (AvgIpc) is 2.70. The molecular formula is C21H18N2O4. The van der Waals surface area contributed by atoms with Gasteiger partial charge in [0.05, 0.1) is 17.2 Å². The van der Waals surface area contributed by atoms with E-state index in [-0.39, 0.29) is 11.3 Å². The standard InChI is InChI=1S/C21H18N2O4/c24-21(17-9-6-10-18(15-17)23(25)26)22-19-11-4-5-12-20(19)27-14-13-16-7-2-1-3-8-16/h1-12,15H,13-14H2,(H,22,24). The Hall–Kier alpha value is -3.67. The molecule has 3 aromatic rings. The maximum atomic E-state index is 12.4. The number of hydrogen-bond acceptors (Lipinski definition) is 4. The number of nitro benzene ring substituents is 1. The molecule has 0 radical (unpaired) electrons. The second-order valence-electron chi connectivity index (χ2n) is 5.84. The van der Waals surface area contributed by atoms with Crippen molar-refractivity contribution in [3.05, 3.63) is 100 Å². The van der Waals surface area contributed by atoms with Crippen molar-refractivity contribution < 1.29 is 14.5 Å². The van der Waals surface area contributed by atoms with Crippen molar-refractivity contribution in [2.24, 2.45) is 0 Å². The number of carbonyl (C=O) groups is 1. The number of nitrogens with zero attached hydrogens (tertiary/aromatic N) is 1. The quantitative estimate of drug-likeness (QED) is 0.497. The normalized spacial score (nSPS) is 10.2. The second kappa shape index (κ2) is 8.62. The van der Waals surface area contributed by atoms with Crippen molar-refractivity contribution in [3.63, 3.8) is 0 Å². The Morgan fingerprint density at radius 2 is 1.70 bits per heavy atom. The molecule has 0 bridgehead atoms. The molecule has 0 spiro atoms. The van der Waals surface area contributed by atoms with Gasteiger partial charge in [-0.05, 0) is 23.8 Å². The van der Waals surface area contributed by atoms with Crippen LogP contribution in [0.15, 0.2) is 78.9 Å². The highest BCUT2D eigenvalue weighted by molar-refractivity contribution is 6.05. The van der Waals surface area contributed by atoms with Crippen molar-refractivity contribution in [2.75, 3.05) is 11.9 Å². The van der Waals surface area contributed by atoms with Gasteiger partial charge in [-0.15, -0.1) is 0 Å². The maximum Gasteiger partial charge on any atom is 0.270 e. The predicted molar refractivity (Wildman–Crippen MR) is 103 cm³/mol. The van der Waals surface area contributed by atoms with Gasteiger partial charge in [-0.2, -0.15) is 0 Å². The smallest absolute Gasteiger partial charge is 0.270 e. The first kappa shape index (κ1) is 18.1. The summed E-state index contributed by atoms with van der Waals surface area (Å²) in [6, 6.07) is 22.7. The molecule has 0 saturated heterocycles. The van der Waals surface area contributed by atoms with Crippen LogP contribution >= 0.6 is 0 Å². The summed E-state index contributed by atoms with van der Waals surface area (Å²) in [5.74, 6) is 0.116. The van der Waals surface area contributed by atoms with Crippen molar-refractivity contribution >= 4 is 17.3 Å². The van der Waals surface area contributed by atoms with Crippen molar-refractivity contribution in [3.8, 4) is 5.75 Å². The van der Waals surface area contributed by atoms with E-state index in [1.54, 1.807) is 18.2 Å². The van der Waals surface area contributed by atoms with E-state index >= 15 is 0 Å². The zero-order valence-electron chi connectivity index (χ0n) is 14.5. The lowest BCUT2D eigenvalue weighted by Gasteiger charge is -2.12. The minimum absolute atomic E-state index is 0.130. The highest BCUT2D eigenvalue weighted by Crippen LogP contribution is 2.25. The minimum Gasteiger partial charge on any atom is -0.491 e. The molecule has 0 aliphatic heterocycles. The molecule has 0 aromatic heterocycles. The number of ether oxygens (including phenoxy) is 1. The van der Waals surface area contributed by atoms with Gasteiger partial charge in [-0.1, -0.05) is 48.5 Å². The molecule has 6 heteroatoms. The first-order valence-corrected chi connectivity index (χ1v) is 8.45. The topological polar surface area (TPSA) is 81.5 Å². The molecule has 0 aliphatic rings. The third-order valence-electron chi connectivity index (χ3n) is 3.95. The van der Waals surface area contributed by atoms with E-state index in [9.17, 15) is 14.9 Å². The van der Waals surface area contributed by atoms with Gasteiger partial charge >= 0.3 is 0 Å². The molecule has 0 fully saturated rings. The van der Waals surface area contributed by atoms with E-state index in [2.05, 4.69) is 5.32 Å². The number of nitrogens with one attached hydrogen (secondary N) is 1. The Bertz CT molecular complexity index is 942. The molecule has 136 valence electrons. The van der Waals surface area contributed by atoms with Crippen LogP contribution in [0.25, 0.3) is 0 Å². The second-order valence-corrected chi connectivity index (χ2v) is 5.84. The van der Waals surface area contributed by atoms with Gasteiger partial charge in [0.1, 0.15) is 5.75 Å². The van der Waals surface area contributed by atoms with Crippen LogP contribution in [-0.2, 0) is 6.42 Å². The summed E-state index contributed by atoms with van der Waals surface area (Å²) in [4.78, 5) is 22.8. The van der Waals surface area contributed by atoms with Crippen LogP contribution in [0.3, 0.4) is 0 Å². The first-order chi connectivity index (χ1) is 13.1. The molecule has 3 rings (SSSR count). The number of anilines is 1. The molecule has 1 N–H and O–H groups in total. The highest BCUT2D eigenvalue weighted by atomic mass is 16.6. The van der Waals surface area contributed by atoms with Gasteiger partial charge in [0, 0.05) is 24.1 Å². The van der Waals surface area contributed by atoms with Crippen molar-refractivity contribution in [2.45, 2.75) is 6.42 Å². The largest absolute Gasteiger partial charge is 0.491 e. The van der Waals surface area contributed by atoms with Crippen molar-refractivity contribution in [1.82, 2.24) is 0 Å². The van der Waals surface area contributed by atoms with E-state index < -0.39 is 10.8 Å². The number of rotatable bonds is 7. The molecule has 3 aromatic carbocycles. The van der Waals surface area contributed by atoms with E-state index in [4.69, 9.17) is 4.74 Å². The predicted octanol–water partition coefficient (Wildman–Crippen LogP) is 4.47. The molecular weight excluding hydrogens is 344 g/mol. The van der Waals surface area contributed by atoms with Crippen LogP contribution in [-0.4, -0.2) is 17.4 Å². The van der Waals surface area contributed by atoms with Gasteiger partial charge in [0.2, 0.25) is 0 Å². The van der Waals surface area contributed by atoms with E-state index in [0.29, 0.717) is 18.0 Å². The number of hydrogen-bond donors (Lipinski definition) is 1. The number of nitro groups is 1. The minimum atomic E-state index is -0.530. The Labute approximate surface area is 156 Å². The van der Waals surface area contributed by atoms with Crippen molar-refractivity contribution in [1.29, 1.82) is 0 Å². The SMILES string of the molecule is O=C(Nc1ccccc1OCCc1ccccc1)c1cccc([N+](=O)[O-])c1. The lowest BCUT2D eigenvalue weighted by Crippen LogP contribution is -2.13. The van der Waals surface area contributed by atoms with E-state index in [1.165, 1.54) is 24.3 Å². The summed E-state index contributed by atoms with van der Waals surface area (Å²) >= 11 is 0. The van der Waals surface area contributed by atoms with Gasteiger partial charge in [-0.25, -0.2) is 0 Å². The lowest BCUT2D eigenvalue weighted by molar-refractivity contribution is -0.384. The van der Waals surface area contributed by atoms with Crippen LogP contribution in [0.2, 0.25) is 0 Å². The summed E-state index contributed by atoms with van der Waals surface area (Å²) in [6.07, 6.45) is 0.744. The van der Waals surface area contributed by atoms with Gasteiger partial charge < -0.3 is 10.1 Å². The monoisotopic (exact) mass is 362 g/mol. The zero-order valence-corrected chi connectivity index (χ0v) is 14.5. The Morgan fingerprint density at radius 3 is 2.48 bits per heavy atom. The van der Waals surface area contributed by atoms with Crippen LogP contribution in [0.1, 0.15) is 15.9 Å². The van der Waals surface area contributed by atoms with Gasteiger partial charge in [0.15, 0.2) is 0 Å². The molecule has 0 heterocycles. The fraction of sp³-hybridized carbons (Fsp3) is 0.0952. The number of para-hydroxylation sites is 2. The lowest BCUT2D eigenvalue weighted by atomic mass is 10.1. The van der Waals surface area contributed by atoms with Gasteiger partial charge in [-0.3, -0.25) is 14.9 Å². The van der Waals surface area contributed by atoms with Crippen LogP contribution < -0.4 is 10.1 Å². The number of benzene rings is 3. The molecule has 27 heavy (non-hydrogen) atoms. The van der Waals surface area contributed by atoms with Crippen LogP contribution in [0.5, 0.6) is 5.75 Å². The fourth-order valence-electron chi connectivity index (χ4n) is 2.57. The fourth-order valence-corrected chi connectivity index (χ4v) is 2.57.